The van der Waals surface area contributed by atoms with Crippen molar-refractivity contribution in [2.45, 2.75) is 126 Å². The minimum atomic E-state index is -1.48. The highest BCUT2D eigenvalue weighted by molar-refractivity contribution is 5.98. The van der Waals surface area contributed by atoms with Crippen molar-refractivity contribution >= 4 is 87.0 Å². The van der Waals surface area contributed by atoms with Gasteiger partial charge in [-0.1, -0.05) is 97.1 Å². The SMILES string of the molecule is NC(N)=NCCC[C@@H](N)C(=O)N[C@@H](CCCN=C(N)N)C(=O)N[C@@H](CCCN=C(N)N)C(=O)N[C@@H](Cc1c[nH]c2ccccc12)C(=O)N[C@H](Cc1c[nH]c2ccccc12)C(=O)N[C@@H](CCCN=C(N)N)C(=O)N[C@@H](Cc1ccccc1)C(=O)N(O)CCCc1ccccc1. The normalized spacial score (nSPS) is 13.3. The molecule has 0 aliphatic rings. The van der Waals surface area contributed by atoms with E-state index in [0.29, 0.717) is 46.4 Å². The number of aromatic amines is 2. The first-order chi connectivity index (χ1) is 45.1. The summed E-state index contributed by atoms with van der Waals surface area (Å²) in [4.78, 5) is 125. The van der Waals surface area contributed by atoms with E-state index in [1.165, 1.54) is 0 Å². The molecule has 504 valence electrons. The van der Waals surface area contributed by atoms with Gasteiger partial charge >= 0.3 is 0 Å². The number of aromatic nitrogens is 2. The Morgan fingerprint density at radius 2 is 0.745 bits per heavy atom. The van der Waals surface area contributed by atoms with Gasteiger partial charge in [-0.05, 0) is 98.6 Å². The van der Waals surface area contributed by atoms with Crippen LogP contribution in [-0.2, 0) is 59.2 Å². The lowest BCUT2D eigenvalue weighted by molar-refractivity contribution is -0.168. The summed E-state index contributed by atoms with van der Waals surface area (Å²) in [5.74, 6) is -6.32. The summed E-state index contributed by atoms with van der Waals surface area (Å²) >= 11 is 0. The number of aryl methyl sites for hydroxylation is 1. The van der Waals surface area contributed by atoms with E-state index in [1.54, 1.807) is 48.8 Å². The molecule has 0 saturated carbocycles. The number of carbonyl (C=O) groups excluding carboxylic acids is 7. The molecule has 7 atom stereocenters. The van der Waals surface area contributed by atoms with Crippen LogP contribution in [0.15, 0.2) is 142 Å². The summed E-state index contributed by atoms with van der Waals surface area (Å²) < 4.78 is 0. The number of rotatable bonds is 39. The van der Waals surface area contributed by atoms with E-state index in [9.17, 15) is 24.4 Å². The molecule has 0 spiro atoms. The number of aliphatic imine (C=N–C) groups is 4. The lowest BCUT2D eigenvalue weighted by Gasteiger charge is -2.28. The first-order valence-corrected chi connectivity index (χ1v) is 31.1. The second-order valence-electron chi connectivity index (χ2n) is 22.6. The molecule has 27 N–H and O–H groups in total. The summed E-state index contributed by atoms with van der Waals surface area (Å²) in [6, 6.07) is 23.6. The van der Waals surface area contributed by atoms with Crippen LogP contribution in [-0.4, -0.2) is 160 Å². The van der Waals surface area contributed by atoms with Crippen LogP contribution in [0, 0.1) is 0 Å². The molecule has 0 radical (unpaired) electrons. The first kappa shape index (κ1) is 72.3. The van der Waals surface area contributed by atoms with Crippen molar-refractivity contribution in [1.82, 2.24) is 46.9 Å². The number of para-hydroxylation sites is 2. The molecular formula is C64H90N22O8. The van der Waals surface area contributed by atoms with Gasteiger partial charge in [0.15, 0.2) is 23.8 Å². The number of carbonyl (C=O) groups is 7. The number of nitrogens with one attached hydrogen (secondary N) is 8. The van der Waals surface area contributed by atoms with Gasteiger partial charge in [0.25, 0.3) is 5.91 Å². The molecule has 4 aromatic carbocycles. The number of amides is 7. The number of hydroxylamine groups is 2. The number of guanidine groups is 4. The third-order valence-electron chi connectivity index (χ3n) is 15.3. The van der Waals surface area contributed by atoms with Crippen LogP contribution >= 0.6 is 0 Å². The summed E-state index contributed by atoms with van der Waals surface area (Å²) in [5.41, 5.74) is 55.2. The molecule has 30 heteroatoms. The van der Waals surface area contributed by atoms with Crippen LogP contribution in [0.25, 0.3) is 21.8 Å². The lowest BCUT2D eigenvalue weighted by Crippen LogP contribution is -2.60. The molecule has 0 unspecified atom stereocenters. The number of nitrogens with two attached hydrogens (primary N) is 9. The number of hydrogen-bond donors (Lipinski definition) is 18. The maximum absolute atomic E-state index is 15.4. The third-order valence-corrected chi connectivity index (χ3v) is 15.3. The maximum Gasteiger partial charge on any atom is 0.268 e. The Morgan fingerprint density at radius 1 is 0.404 bits per heavy atom. The van der Waals surface area contributed by atoms with Crippen molar-refractivity contribution in [2.75, 3.05) is 32.7 Å². The minimum absolute atomic E-state index is 0.00902. The number of H-pyrrole nitrogens is 2. The van der Waals surface area contributed by atoms with Crippen molar-refractivity contribution in [3.8, 4) is 0 Å². The van der Waals surface area contributed by atoms with E-state index in [0.717, 1.165) is 22.0 Å². The van der Waals surface area contributed by atoms with Crippen LogP contribution in [0.3, 0.4) is 0 Å². The van der Waals surface area contributed by atoms with Crippen LogP contribution in [0.4, 0.5) is 0 Å². The molecule has 0 saturated heterocycles. The standard InChI is InChI=1S/C64H90N22O8/c65-45(23-11-29-74-61(66)67)54(87)80-48(26-12-30-75-62(68)69)55(88)81-49(27-13-31-76-63(70)71)56(89)83-52(36-42-38-79-47-25-10-8-22-44(42)47)59(92)84-51(35-41-37-78-46-24-9-7-21-43(41)46)58(91)82-50(28-14-32-77-64(72)73)57(90)85-53(34-40-18-5-2-6-19-40)60(93)86(94)33-15-20-39-16-3-1-4-17-39/h1-10,16-19,21-22,24-25,37-38,45,48-53,78-79,94H,11-15,20,23,26-36,65H2,(H,80,87)(H,81,88)(H,82,91)(H,83,89)(H,84,92)(H,85,90)(H4,66,67,74)(H4,68,69,75)(H4,70,71,76)(H4,72,73,77)/t45-,48+,49+,50+,51-,52+,53+/m1/s1. The van der Waals surface area contributed by atoms with Gasteiger partial charge in [-0.3, -0.25) is 58.7 Å². The van der Waals surface area contributed by atoms with Crippen LogP contribution in [0.2, 0.25) is 0 Å². The monoisotopic (exact) mass is 1290 g/mol. The van der Waals surface area contributed by atoms with E-state index in [4.69, 9.17) is 51.6 Å². The van der Waals surface area contributed by atoms with Gasteiger partial charge in [-0.2, -0.15) is 0 Å². The van der Waals surface area contributed by atoms with E-state index >= 15 is 14.4 Å². The summed E-state index contributed by atoms with van der Waals surface area (Å²) in [6.07, 6.45) is 4.81. The molecule has 6 aromatic rings. The van der Waals surface area contributed by atoms with Crippen molar-refractivity contribution in [2.24, 2.45) is 71.6 Å². The van der Waals surface area contributed by atoms with Crippen LogP contribution in [0.5, 0.6) is 0 Å². The number of hydrogen-bond acceptors (Lipinski definition) is 13. The van der Waals surface area contributed by atoms with Gasteiger partial charge in [0.2, 0.25) is 35.4 Å². The topological polar surface area (TPSA) is 530 Å². The van der Waals surface area contributed by atoms with Crippen molar-refractivity contribution in [1.29, 1.82) is 0 Å². The van der Waals surface area contributed by atoms with Gasteiger partial charge in [0.1, 0.15) is 36.3 Å². The van der Waals surface area contributed by atoms with E-state index in [2.05, 4.69) is 61.8 Å². The molecule has 0 bridgehead atoms. The Bertz CT molecular complexity index is 3560. The number of benzene rings is 4. The smallest absolute Gasteiger partial charge is 0.268 e. The largest absolute Gasteiger partial charge is 0.370 e. The second-order valence-corrected chi connectivity index (χ2v) is 22.6. The van der Waals surface area contributed by atoms with E-state index < -0.39 is 83.6 Å². The summed E-state index contributed by atoms with van der Waals surface area (Å²) in [6.45, 7) is 0.313. The molecular weight excluding hydrogens is 1200 g/mol. The molecule has 94 heavy (non-hydrogen) atoms. The van der Waals surface area contributed by atoms with E-state index in [1.807, 2.05) is 72.8 Å². The fourth-order valence-corrected chi connectivity index (χ4v) is 10.5. The fourth-order valence-electron chi connectivity index (χ4n) is 10.5. The zero-order valence-corrected chi connectivity index (χ0v) is 52.6. The highest BCUT2D eigenvalue weighted by Gasteiger charge is 2.35. The zero-order chi connectivity index (χ0) is 67.9. The molecule has 7 amide bonds. The summed E-state index contributed by atoms with van der Waals surface area (Å²) in [7, 11) is 0. The Balaban J connectivity index is 1.33. The molecule has 2 heterocycles. The highest BCUT2D eigenvalue weighted by atomic mass is 16.5. The van der Waals surface area contributed by atoms with E-state index in [-0.39, 0.29) is 121 Å². The molecule has 2 aromatic heterocycles. The zero-order valence-electron chi connectivity index (χ0n) is 52.6. The van der Waals surface area contributed by atoms with Gasteiger partial charge < -0.3 is 93.5 Å². The Labute approximate surface area is 544 Å². The molecule has 0 aliphatic heterocycles. The quantitative estimate of drug-likeness (QED) is 0.00722. The minimum Gasteiger partial charge on any atom is -0.370 e. The highest BCUT2D eigenvalue weighted by Crippen LogP contribution is 2.22. The van der Waals surface area contributed by atoms with Crippen molar-refractivity contribution < 1.29 is 38.8 Å². The Hall–Kier alpha value is -10.8. The van der Waals surface area contributed by atoms with Gasteiger partial charge in [-0.15, -0.1) is 0 Å². The third kappa shape index (κ3) is 24.1. The summed E-state index contributed by atoms with van der Waals surface area (Å²) in [5, 5.41) is 30.1. The first-order valence-electron chi connectivity index (χ1n) is 31.1. The van der Waals surface area contributed by atoms with Crippen molar-refractivity contribution in [3.63, 3.8) is 0 Å². The van der Waals surface area contributed by atoms with Gasteiger partial charge in [0, 0.05) is 86.2 Å². The molecule has 6 rings (SSSR count). The number of fused-ring (bicyclic) bond motifs is 2. The predicted octanol–water partition coefficient (Wildman–Crippen LogP) is -1.02. The average Bonchev–Trinajstić information content (AvgIpc) is 1.92. The molecule has 30 nitrogen and oxygen atoms in total. The number of nitrogens with zero attached hydrogens (tertiary/aromatic N) is 5. The van der Waals surface area contributed by atoms with Crippen LogP contribution < -0.4 is 83.5 Å². The van der Waals surface area contributed by atoms with Gasteiger partial charge in [-0.25, -0.2) is 5.06 Å². The van der Waals surface area contributed by atoms with Crippen molar-refractivity contribution in [3.05, 3.63) is 144 Å². The Morgan fingerprint density at radius 3 is 1.16 bits per heavy atom. The molecule has 0 aliphatic carbocycles. The predicted molar refractivity (Wildman–Crippen MR) is 362 cm³/mol. The van der Waals surface area contributed by atoms with Crippen LogP contribution in [0.1, 0.15) is 80.0 Å². The molecule has 0 fully saturated rings. The average molecular weight is 1300 g/mol. The fraction of sp³-hybridized carbons (Fsp3) is 0.391. The van der Waals surface area contributed by atoms with Gasteiger partial charge in [0.05, 0.1) is 6.04 Å². The maximum atomic E-state index is 15.4. The Kier molecular flexibility index (Phi) is 28.9. The second kappa shape index (κ2) is 37.6. The lowest BCUT2D eigenvalue weighted by atomic mass is 10.00.